The SMILES string of the molecule is Cc1cc(CC(=O)N2CCN(CC(=O)c3ccc(F)cc3)CC2)no1. The minimum atomic E-state index is -0.356. The highest BCUT2D eigenvalue weighted by atomic mass is 19.1. The zero-order valence-electron chi connectivity index (χ0n) is 14.1. The van der Waals surface area contributed by atoms with E-state index in [4.69, 9.17) is 4.52 Å². The van der Waals surface area contributed by atoms with Crippen molar-refractivity contribution in [3.8, 4) is 0 Å². The zero-order chi connectivity index (χ0) is 17.8. The second kappa shape index (κ2) is 7.57. The minimum Gasteiger partial charge on any atom is -0.361 e. The van der Waals surface area contributed by atoms with Gasteiger partial charge in [0.2, 0.25) is 5.91 Å². The predicted octanol–water partition coefficient (Wildman–Crippen LogP) is 1.69. The number of piperazine rings is 1. The molecule has 0 spiro atoms. The Labute approximate surface area is 145 Å². The van der Waals surface area contributed by atoms with Gasteiger partial charge in [-0.1, -0.05) is 5.16 Å². The third-order valence-corrected chi connectivity index (χ3v) is 4.27. The van der Waals surface area contributed by atoms with Gasteiger partial charge in [-0.2, -0.15) is 0 Å². The van der Waals surface area contributed by atoms with Crippen LogP contribution in [-0.2, 0) is 11.2 Å². The van der Waals surface area contributed by atoms with E-state index in [0.29, 0.717) is 43.2 Å². The molecule has 1 aliphatic heterocycles. The Bertz CT molecular complexity index is 749. The molecule has 0 radical (unpaired) electrons. The van der Waals surface area contributed by atoms with Gasteiger partial charge in [-0.05, 0) is 31.2 Å². The monoisotopic (exact) mass is 345 g/mol. The summed E-state index contributed by atoms with van der Waals surface area (Å²) in [6.07, 6.45) is 0.228. The fraction of sp³-hybridized carbons (Fsp3) is 0.389. The van der Waals surface area contributed by atoms with Crippen LogP contribution in [0.2, 0.25) is 0 Å². The molecule has 3 rings (SSSR count). The molecule has 0 atom stereocenters. The number of nitrogens with zero attached hydrogens (tertiary/aromatic N) is 3. The van der Waals surface area contributed by atoms with Crippen LogP contribution in [0, 0.1) is 12.7 Å². The third kappa shape index (κ3) is 4.51. The van der Waals surface area contributed by atoms with Gasteiger partial charge in [-0.15, -0.1) is 0 Å². The molecule has 0 N–H and O–H groups in total. The number of Topliss-reactive ketones (excluding diaryl/α,β-unsaturated/α-hetero) is 1. The van der Waals surface area contributed by atoms with Crippen molar-refractivity contribution >= 4 is 11.7 Å². The van der Waals surface area contributed by atoms with Gasteiger partial charge in [0.25, 0.3) is 0 Å². The number of rotatable bonds is 5. The average Bonchev–Trinajstić information content (AvgIpc) is 3.01. The molecule has 1 fully saturated rings. The lowest BCUT2D eigenvalue weighted by Crippen LogP contribution is -2.50. The Morgan fingerprint density at radius 2 is 1.84 bits per heavy atom. The standard InChI is InChI=1S/C18H20FN3O3/c1-13-10-16(20-25-13)11-18(24)22-8-6-21(7-9-22)12-17(23)14-2-4-15(19)5-3-14/h2-5,10H,6-9,11-12H2,1H3. The van der Waals surface area contributed by atoms with Crippen molar-refractivity contribution in [2.45, 2.75) is 13.3 Å². The first-order chi connectivity index (χ1) is 12.0. The van der Waals surface area contributed by atoms with E-state index >= 15 is 0 Å². The van der Waals surface area contributed by atoms with E-state index in [9.17, 15) is 14.0 Å². The highest BCUT2D eigenvalue weighted by Crippen LogP contribution is 2.09. The van der Waals surface area contributed by atoms with Crippen LogP contribution in [0.4, 0.5) is 4.39 Å². The lowest BCUT2D eigenvalue weighted by Gasteiger charge is -2.34. The number of ketones is 1. The molecule has 1 amide bonds. The normalized spacial score (nSPS) is 15.4. The Hall–Kier alpha value is -2.54. The van der Waals surface area contributed by atoms with Crippen molar-refractivity contribution in [3.63, 3.8) is 0 Å². The molecule has 1 aromatic carbocycles. The fourth-order valence-electron chi connectivity index (χ4n) is 2.85. The molecule has 1 aliphatic rings. The van der Waals surface area contributed by atoms with Crippen LogP contribution in [0.25, 0.3) is 0 Å². The maximum absolute atomic E-state index is 12.9. The number of halogens is 1. The number of amides is 1. The highest BCUT2D eigenvalue weighted by Gasteiger charge is 2.23. The quantitative estimate of drug-likeness (QED) is 0.772. The van der Waals surface area contributed by atoms with Crippen LogP contribution in [-0.4, -0.2) is 59.4 Å². The number of aryl methyl sites for hydroxylation is 1. The largest absolute Gasteiger partial charge is 0.361 e. The van der Waals surface area contributed by atoms with Gasteiger partial charge >= 0.3 is 0 Å². The summed E-state index contributed by atoms with van der Waals surface area (Å²) in [6, 6.07) is 7.33. The summed E-state index contributed by atoms with van der Waals surface area (Å²) < 4.78 is 17.9. The fourth-order valence-corrected chi connectivity index (χ4v) is 2.85. The summed E-state index contributed by atoms with van der Waals surface area (Å²) >= 11 is 0. The predicted molar refractivity (Wildman–Crippen MR) is 88.7 cm³/mol. The third-order valence-electron chi connectivity index (χ3n) is 4.27. The minimum absolute atomic E-state index is 0.0119. The molecule has 2 aromatic rings. The number of carbonyl (C=O) groups is 2. The molecule has 2 heterocycles. The van der Waals surface area contributed by atoms with E-state index in [2.05, 4.69) is 5.16 Å². The Balaban J connectivity index is 1.47. The van der Waals surface area contributed by atoms with Gasteiger partial charge < -0.3 is 9.42 Å². The van der Waals surface area contributed by atoms with E-state index in [1.807, 2.05) is 4.90 Å². The molecule has 0 saturated carbocycles. The summed E-state index contributed by atoms with van der Waals surface area (Å²) in [5, 5.41) is 3.84. The summed E-state index contributed by atoms with van der Waals surface area (Å²) in [7, 11) is 0. The van der Waals surface area contributed by atoms with Crippen molar-refractivity contribution in [3.05, 3.63) is 53.2 Å². The van der Waals surface area contributed by atoms with Crippen molar-refractivity contribution in [1.82, 2.24) is 15.0 Å². The molecule has 7 heteroatoms. The summed E-state index contributed by atoms with van der Waals surface area (Å²) in [6.45, 7) is 4.49. The second-order valence-electron chi connectivity index (χ2n) is 6.19. The Morgan fingerprint density at radius 1 is 1.16 bits per heavy atom. The topological polar surface area (TPSA) is 66.7 Å². The lowest BCUT2D eigenvalue weighted by molar-refractivity contribution is -0.132. The Kier molecular flexibility index (Phi) is 5.23. The van der Waals surface area contributed by atoms with Crippen LogP contribution in [0.15, 0.2) is 34.9 Å². The molecule has 1 aromatic heterocycles. The maximum Gasteiger partial charge on any atom is 0.228 e. The van der Waals surface area contributed by atoms with E-state index in [-0.39, 0.29) is 30.5 Å². The average molecular weight is 345 g/mol. The van der Waals surface area contributed by atoms with Gasteiger partial charge in [0.1, 0.15) is 11.6 Å². The molecule has 6 nitrogen and oxygen atoms in total. The molecule has 0 unspecified atom stereocenters. The summed E-state index contributed by atoms with van der Waals surface area (Å²) in [4.78, 5) is 28.3. The van der Waals surface area contributed by atoms with E-state index < -0.39 is 0 Å². The van der Waals surface area contributed by atoms with Crippen molar-refractivity contribution in [2.24, 2.45) is 0 Å². The number of carbonyl (C=O) groups excluding carboxylic acids is 2. The van der Waals surface area contributed by atoms with Crippen LogP contribution >= 0.6 is 0 Å². The van der Waals surface area contributed by atoms with Crippen LogP contribution < -0.4 is 0 Å². The molecular formula is C18H20FN3O3. The van der Waals surface area contributed by atoms with Gasteiger partial charge in [-0.3, -0.25) is 14.5 Å². The van der Waals surface area contributed by atoms with Gasteiger partial charge in [0.05, 0.1) is 18.7 Å². The van der Waals surface area contributed by atoms with Gasteiger partial charge in [-0.25, -0.2) is 4.39 Å². The van der Waals surface area contributed by atoms with Crippen LogP contribution in [0.3, 0.4) is 0 Å². The van der Waals surface area contributed by atoms with Crippen molar-refractivity contribution in [1.29, 1.82) is 0 Å². The van der Waals surface area contributed by atoms with Gasteiger partial charge in [0, 0.05) is 37.8 Å². The summed E-state index contributed by atoms with van der Waals surface area (Å²) in [5.41, 5.74) is 1.14. The maximum atomic E-state index is 12.9. The zero-order valence-corrected chi connectivity index (χ0v) is 14.1. The number of aromatic nitrogens is 1. The first kappa shape index (κ1) is 17.3. The molecule has 25 heavy (non-hydrogen) atoms. The number of hydrogen-bond acceptors (Lipinski definition) is 5. The van der Waals surface area contributed by atoms with E-state index in [0.717, 1.165) is 0 Å². The first-order valence-corrected chi connectivity index (χ1v) is 8.22. The Morgan fingerprint density at radius 3 is 2.44 bits per heavy atom. The smallest absolute Gasteiger partial charge is 0.228 e. The van der Waals surface area contributed by atoms with Crippen LogP contribution in [0.5, 0.6) is 0 Å². The van der Waals surface area contributed by atoms with Crippen molar-refractivity contribution < 1.29 is 18.5 Å². The molecule has 132 valence electrons. The molecule has 1 saturated heterocycles. The summed E-state index contributed by atoms with van der Waals surface area (Å²) in [5.74, 6) is 0.300. The number of hydrogen-bond donors (Lipinski definition) is 0. The second-order valence-corrected chi connectivity index (χ2v) is 6.19. The van der Waals surface area contributed by atoms with Crippen LogP contribution in [0.1, 0.15) is 21.8 Å². The number of benzene rings is 1. The van der Waals surface area contributed by atoms with E-state index in [1.54, 1.807) is 17.9 Å². The molecule has 0 bridgehead atoms. The molecule has 0 aliphatic carbocycles. The first-order valence-electron chi connectivity index (χ1n) is 8.22. The van der Waals surface area contributed by atoms with Gasteiger partial charge in [0.15, 0.2) is 5.78 Å². The molecular weight excluding hydrogens is 325 g/mol. The van der Waals surface area contributed by atoms with Crippen molar-refractivity contribution in [2.75, 3.05) is 32.7 Å². The highest BCUT2D eigenvalue weighted by molar-refractivity contribution is 5.97. The van der Waals surface area contributed by atoms with E-state index in [1.165, 1.54) is 24.3 Å². The lowest BCUT2D eigenvalue weighted by atomic mass is 10.1.